The topological polar surface area (TPSA) is 47.9 Å². The van der Waals surface area contributed by atoms with E-state index in [2.05, 4.69) is 0 Å². The maximum Gasteiger partial charge on any atom is 0.160 e. The molecule has 1 rings (SSSR count). The van der Waals surface area contributed by atoms with Crippen LogP contribution < -0.4 is 4.74 Å². The summed E-state index contributed by atoms with van der Waals surface area (Å²) < 4.78 is 16.5. The Bertz CT molecular complexity index is 348. The van der Waals surface area contributed by atoms with E-state index in [9.17, 15) is 5.11 Å². The van der Waals surface area contributed by atoms with Gasteiger partial charge >= 0.3 is 0 Å². The van der Waals surface area contributed by atoms with E-state index in [-0.39, 0.29) is 12.0 Å². The standard InChI is InChI=1S/C16H26O4/c1-3-18-16(19-4-2)12-6-5-9-13-20-15-11-8-7-10-14(15)17/h7-8,10-11,16-17H,3-6,9,12-13H2,1-2H3. The minimum Gasteiger partial charge on any atom is -0.504 e. The maximum atomic E-state index is 9.55. The van der Waals surface area contributed by atoms with Crippen molar-refractivity contribution in [1.82, 2.24) is 0 Å². The molecule has 0 saturated carbocycles. The van der Waals surface area contributed by atoms with Gasteiger partial charge in [-0.15, -0.1) is 0 Å². The molecule has 0 aromatic heterocycles. The van der Waals surface area contributed by atoms with Crippen LogP contribution in [0.4, 0.5) is 0 Å². The molecule has 0 bridgehead atoms. The summed E-state index contributed by atoms with van der Waals surface area (Å²) in [5.41, 5.74) is 0. The number of aromatic hydroxyl groups is 1. The van der Waals surface area contributed by atoms with Crippen molar-refractivity contribution in [2.75, 3.05) is 19.8 Å². The Labute approximate surface area is 121 Å². The van der Waals surface area contributed by atoms with E-state index in [1.165, 1.54) is 0 Å². The molecule has 0 radical (unpaired) electrons. The molecule has 0 fully saturated rings. The number of phenols is 1. The smallest absolute Gasteiger partial charge is 0.160 e. The predicted octanol–water partition coefficient (Wildman–Crippen LogP) is 3.73. The van der Waals surface area contributed by atoms with Crippen molar-refractivity contribution in [1.29, 1.82) is 0 Å². The van der Waals surface area contributed by atoms with E-state index < -0.39 is 0 Å². The van der Waals surface area contributed by atoms with Crippen LogP contribution in [0, 0.1) is 0 Å². The van der Waals surface area contributed by atoms with E-state index in [1.54, 1.807) is 18.2 Å². The van der Waals surface area contributed by atoms with Crippen molar-refractivity contribution in [2.24, 2.45) is 0 Å². The molecule has 4 nitrogen and oxygen atoms in total. The minimum absolute atomic E-state index is 0.0795. The lowest BCUT2D eigenvalue weighted by atomic mass is 10.2. The highest BCUT2D eigenvalue weighted by Crippen LogP contribution is 2.24. The molecule has 1 aromatic carbocycles. The number of ether oxygens (including phenoxy) is 3. The van der Waals surface area contributed by atoms with Gasteiger partial charge in [0.2, 0.25) is 0 Å². The fourth-order valence-electron chi connectivity index (χ4n) is 1.94. The summed E-state index contributed by atoms with van der Waals surface area (Å²) in [5, 5.41) is 9.55. The maximum absolute atomic E-state index is 9.55. The van der Waals surface area contributed by atoms with Gasteiger partial charge in [-0.05, 0) is 51.7 Å². The molecule has 0 aliphatic rings. The van der Waals surface area contributed by atoms with Gasteiger partial charge in [-0.3, -0.25) is 0 Å². The van der Waals surface area contributed by atoms with Crippen molar-refractivity contribution < 1.29 is 19.3 Å². The van der Waals surface area contributed by atoms with Crippen molar-refractivity contribution >= 4 is 0 Å². The molecule has 114 valence electrons. The quantitative estimate of drug-likeness (QED) is 0.496. The number of rotatable bonds is 11. The lowest BCUT2D eigenvalue weighted by Crippen LogP contribution is -2.17. The van der Waals surface area contributed by atoms with Crippen LogP contribution in [0.2, 0.25) is 0 Å². The number of para-hydroxylation sites is 2. The average molecular weight is 282 g/mol. The number of hydrogen-bond acceptors (Lipinski definition) is 4. The van der Waals surface area contributed by atoms with Gasteiger partial charge < -0.3 is 19.3 Å². The first-order valence-corrected chi connectivity index (χ1v) is 7.41. The van der Waals surface area contributed by atoms with E-state index in [4.69, 9.17) is 14.2 Å². The van der Waals surface area contributed by atoms with Crippen LogP contribution in [-0.4, -0.2) is 31.2 Å². The number of unbranched alkanes of at least 4 members (excludes halogenated alkanes) is 2. The van der Waals surface area contributed by atoms with Gasteiger partial charge in [0.1, 0.15) is 0 Å². The first-order valence-electron chi connectivity index (χ1n) is 7.41. The fraction of sp³-hybridized carbons (Fsp3) is 0.625. The number of hydrogen-bond donors (Lipinski definition) is 1. The Kier molecular flexibility index (Phi) is 8.83. The zero-order valence-corrected chi connectivity index (χ0v) is 12.5. The largest absolute Gasteiger partial charge is 0.504 e. The van der Waals surface area contributed by atoms with Crippen LogP contribution in [-0.2, 0) is 9.47 Å². The Morgan fingerprint density at radius 2 is 1.70 bits per heavy atom. The van der Waals surface area contributed by atoms with Gasteiger partial charge in [0, 0.05) is 13.2 Å². The molecule has 0 heterocycles. The molecular formula is C16H26O4. The first kappa shape index (κ1) is 16.8. The zero-order valence-electron chi connectivity index (χ0n) is 12.5. The summed E-state index contributed by atoms with van der Waals surface area (Å²) in [4.78, 5) is 0. The normalized spacial score (nSPS) is 10.9. The van der Waals surface area contributed by atoms with Gasteiger partial charge in [-0.25, -0.2) is 0 Å². The molecule has 4 heteroatoms. The second kappa shape index (κ2) is 10.5. The third-order valence-corrected chi connectivity index (χ3v) is 2.91. The Balaban J connectivity index is 2.08. The summed E-state index contributed by atoms with van der Waals surface area (Å²) in [6.45, 7) is 5.94. The highest BCUT2D eigenvalue weighted by Gasteiger charge is 2.07. The van der Waals surface area contributed by atoms with Crippen molar-refractivity contribution in [3.05, 3.63) is 24.3 Å². The van der Waals surface area contributed by atoms with Crippen molar-refractivity contribution in [3.8, 4) is 11.5 Å². The fourth-order valence-corrected chi connectivity index (χ4v) is 1.94. The van der Waals surface area contributed by atoms with Crippen LogP contribution in [0.3, 0.4) is 0 Å². The Hall–Kier alpha value is -1.26. The van der Waals surface area contributed by atoms with Crippen LogP contribution >= 0.6 is 0 Å². The highest BCUT2D eigenvalue weighted by molar-refractivity contribution is 5.37. The number of phenolic OH excluding ortho intramolecular Hbond substituents is 1. The molecule has 0 atom stereocenters. The van der Waals surface area contributed by atoms with Crippen LogP contribution in [0.1, 0.15) is 39.5 Å². The summed E-state index contributed by atoms with van der Waals surface area (Å²) in [6, 6.07) is 7.03. The summed E-state index contributed by atoms with van der Waals surface area (Å²) >= 11 is 0. The SMILES string of the molecule is CCOC(CCCCCOc1ccccc1O)OCC. The molecule has 1 aromatic rings. The van der Waals surface area contributed by atoms with Crippen molar-refractivity contribution in [2.45, 2.75) is 45.8 Å². The monoisotopic (exact) mass is 282 g/mol. The minimum atomic E-state index is -0.0795. The van der Waals surface area contributed by atoms with E-state index >= 15 is 0 Å². The third kappa shape index (κ3) is 6.78. The van der Waals surface area contributed by atoms with Crippen LogP contribution in [0.15, 0.2) is 24.3 Å². The van der Waals surface area contributed by atoms with Gasteiger partial charge in [0.05, 0.1) is 6.61 Å². The average Bonchev–Trinajstić information content (AvgIpc) is 2.45. The first-order chi connectivity index (χ1) is 9.77. The van der Waals surface area contributed by atoms with E-state index in [0.29, 0.717) is 25.6 Å². The Morgan fingerprint density at radius 3 is 2.35 bits per heavy atom. The molecule has 0 saturated heterocycles. The lowest BCUT2D eigenvalue weighted by Gasteiger charge is -2.16. The summed E-state index contributed by atoms with van der Waals surface area (Å²) in [6.07, 6.45) is 3.90. The van der Waals surface area contributed by atoms with Crippen LogP contribution in [0.25, 0.3) is 0 Å². The summed E-state index contributed by atoms with van der Waals surface area (Å²) in [5.74, 6) is 0.745. The van der Waals surface area contributed by atoms with Gasteiger partial charge in [0.25, 0.3) is 0 Å². The second-order valence-electron chi connectivity index (χ2n) is 4.51. The molecule has 0 spiro atoms. The van der Waals surface area contributed by atoms with Gasteiger partial charge in [0.15, 0.2) is 17.8 Å². The summed E-state index contributed by atoms with van der Waals surface area (Å²) in [7, 11) is 0. The molecule has 0 aliphatic heterocycles. The van der Waals surface area contributed by atoms with Gasteiger partial charge in [-0.1, -0.05) is 12.1 Å². The lowest BCUT2D eigenvalue weighted by molar-refractivity contribution is -0.140. The molecule has 0 amide bonds. The predicted molar refractivity (Wildman–Crippen MR) is 79.1 cm³/mol. The highest BCUT2D eigenvalue weighted by atomic mass is 16.7. The second-order valence-corrected chi connectivity index (χ2v) is 4.51. The molecule has 0 unspecified atom stereocenters. The van der Waals surface area contributed by atoms with E-state index in [0.717, 1.165) is 25.7 Å². The van der Waals surface area contributed by atoms with Gasteiger partial charge in [-0.2, -0.15) is 0 Å². The molecule has 0 aliphatic carbocycles. The third-order valence-electron chi connectivity index (χ3n) is 2.91. The molecular weight excluding hydrogens is 256 g/mol. The van der Waals surface area contributed by atoms with E-state index in [1.807, 2.05) is 19.9 Å². The van der Waals surface area contributed by atoms with Crippen molar-refractivity contribution in [3.63, 3.8) is 0 Å². The molecule has 1 N–H and O–H groups in total. The molecule has 20 heavy (non-hydrogen) atoms. The van der Waals surface area contributed by atoms with Crippen LogP contribution in [0.5, 0.6) is 11.5 Å². The Morgan fingerprint density at radius 1 is 1.00 bits per heavy atom. The zero-order chi connectivity index (χ0) is 14.6. The number of benzene rings is 1.